The molecule has 0 bridgehead atoms. The molecular formula is C25H26F2N3OPS. The van der Waals surface area contributed by atoms with Gasteiger partial charge in [-0.25, -0.2) is 4.68 Å². The Morgan fingerprint density at radius 3 is 2.18 bits per heavy atom. The van der Waals surface area contributed by atoms with Crippen molar-refractivity contribution in [2.45, 2.75) is 24.0 Å². The van der Waals surface area contributed by atoms with Gasteiger partial charge in [0.15, 0.2) is 7.14 Å². The number of hydrogen-bond donors (Lipinski definition) is 1. The van der Waals surface area contributed by atoms with Crippen LogP contribution in [-0.2, 0) is 22.2 Å². The van der Waals surface area contributed by atoms with Crippen LogP contribution in [0.1, 0.15) is 23.1 Å². The van der Waals surface area contributed by atoms with Crippen molar-refractivity contribution in [1.29, 1.82) is 0 Å². The number of benzene rings is 3. The first-order valence-electron chi connectivity index (χ1n) is 10.7. The molecule has 1 aromatic heterocycles. The maximum Gasteiger partial charge on any atom is 0.322 e. The predicted molar refractivity (Wildman–Crippen MR) is 133 cm³/mol. The van der Waals surface area contributed by atoms with Gasteiger partial charge in [0, 0.05) is 12.0 Å². The molecule has 0 fully saturated rings. The minimum Gasteiger partial charge on any atom is -0.317 e. The molecule has 1 heterocycles. The van der Waals surface area contributed by atoms with Crippen molar-refractivity contribution in [3.8, 4) is 0 Å². The molecule has 0 saturated carbocycles. The lowest BCUT2D eigenvalue weighted by Crippen LogP contribution is -2.39. The third kappa shape index (κ3) is 4.36. The topological polar surface area (TPSA) is 47.8 Å². The van der Waals surface area contributed by atoms with Crippen LogP contribution in [0.15, 0.2) is 78.9 Å². The fourth-order valence-electron chi connectivity index (χ4n) is 4.23. The summed E-state index contributed by atoms with van der Waals surface area (Å²) in [5.41, 5.74) is -0.635. The van der Waals surface area contributed by atoms with Crippen LogP contribution in [0, 0.1) is 0 Å². The van der Waals surface area contributed by atoms with Crippen molar-refractivity contribution in [2.24, 2.45) is 0 Å². The highest BCUT2D eigenvalue weighted by atomic mass is 32.1. The van der Waals surface area contributed by atoms with Gasteiger partial charge in [-0.3, -0.25) is 0 Å². The zero-order valence-electron chi connectivity index (χ0n) is 18.5. The second-order valence-corrected chi connectivity index (χ2v) is 12.3. The quantitative estimate of drug-likeness (QED) is 0.232. The zero-order chi connectivity index (χ0) is 23.7. The SMILES string of the molecule is CP(C)(=O)C(F)(F)c1ccc(CC(CCS)(c2ccccc2)n2nnc3ccccc32)cc1. The number of nitrogens with zero attached hydrogens (tertiary/aromatic N) is 3. The van der Waals surface area contributed by atoms with E-state index in [4.69, 9.17) is 0 Å². The van der Waals surface area contributed by atoms with Crippen molar-refractivity contribution < 1.29 is 13.3 Å². The molecule has 0 aliphatic heterocycles. The van der Waals surface area contributed by atoms with Crippen LogP contribution in [0.4, 0.5) is 8.78 Å². The molecule has 4 nitrogen and oxygen atoms in total. The molecule has 0 N–H and O–H groups in total. The van der Waals surface area contributed by atoms with Gasteiger partial charge in [-0.05, 0) is 48.8 Å². The van der Waals surface area contributed by atoms with E-state index >= 15 is 0 Å². The second kappa shape index (κ2) is 9.03. The standard InChI is InChI=1S/C25H26F2N3OPS/c1-32(2,31)25(26,27)21-14-12-19(13-15-21)18-24(16-17-33,20-8-4-3-5-9-20)30-23-11-7-6-10-22(23)28-29-30/h3-15,33H,16-18H2,1-2H3. The summed E-state index contributed by atoms with van der Waals surface area (Å²) in [6.07, 6.45) is 1.16. The monoisotopic (exact) mass is 485 g/mol. The van der Waals surface area contributed by atoms with E-state index in [1.54, 1.807) is 12.1 Å². The highest BCUT2D eigenvalue weighted by Crippen LogP contribution is 2.60. The molecular weight excluding hydrogens is 459 g/mol. The van der Waals surface area contributed by atoms with Crippen molar-refractivity contribution in [1.82, 2.24) is 15.0 Å². The molecule has 8 heteroatoms. The number of halogens is 2. The van der Waals surface area contributed by atoms with Gasteiger partial charge < -0.3 is 4.57 Å². The first kappa shape index (κ1) is 23.7. The Bertz CT molecular complexity index is 1290. The molecule has 1 unspecified atom stereocenters. The summed E-state index contributed by atoms with van der Waals surface area (Å²) in [5.74, 6) is 0.591. The molecule has 3 aromatic carbocycles. The first-order valence-corrected chi connectivity index (χ1v) is 13.9. The number of aromatic nitrogens is 3. The van der Waals surface area contributed by atoms with E-state index in [9.17, 15) is 13.3 Å². The number of fused-ring (bicyclic) bond motifs is 1. The highest BCUT2D eigenvalue weighted by molar-refractivity contribution is 7.80. The summed E-state index contributed by atoms with van der Waals surface area (Å²) >= 11 is 4.55. The summed E-state index contributed by atoms with van der Waals surface area (Å²) < 4.78 is 43.3. The minimum atomic E-state index is -3.64. The molecule has 0 spiro atoms. The van der Waals surface area contributed by atoms with E-state index in [0.717, 1.165) is 35.5 Å². The van der Waals surface area contributed by atoms with E-state index in [-0.39, 0.29) is 5.56 Å². The van der Waals surface area contributed by atoms with Crippen LogP contribution in [0.2, 0.25) is 0 Å². The van der Waals surface area contributed by atoms with Crippen molar-refractivity contribution >= 4 is 30.8 Å². The summed E-state index contributed by atoms with van der Waals surface area (Å²) in [5, 5.41) is 8.89. The van der Waals surface area contributed by atoms with Crippen LogP contribution >= 0.6 is 19.8 Å². The molecule has 1 atom stereocenters. The zero-order valence-corrected chi connectivity index (χ0v) is 20.3. The Morgan fingerprint density at radius 2 is 1.55 bits per heavy atom. The average molecular weight is 486 g/mol. The molecule has 172 valence electrons. The summed E-state index contributed by atoms with van der Waals surface area (Å²) in [7, 11) is -3.64. The molecule has 0 amide bonds. The van der Waals surface area contributed by atoms with Crippen molar-refractivity contribution in [3.63, 3.8) is 0 Å². The van der Waals surface area contributed by atoms with Crippen LogP contribution < -0.4 is 0 Å². The predicted octanol–water partition coefficient (Wildman–Crippen LogP) is 6.41. The molecule has 33 heavy (non-hydrogen) atoms. The Morgan fingerprint density at radius 1 is 0.909 bits per heavy atom. The van der Waals surface area contributed by atoms with Crippen LogP contribution in [0.5, 0.6) is 0 Å². The van der Waals surface area contributed by atoms with E-state index in [2.05, 4.69) is 22.9 Å². The van der Waals surface area contributed by atoms with Gasteiger partial charge in [0.2, 0.25) is 0 Å². The Labute approximate surface area is 197 Å². The lowest BCUT2D eigenvalue weighted by atomic mass is 9.81. The minimum absolute atomic E-state index is 0.231. The van der Waals surface area contributed by atoms with Crippen molar-refractivity contribution in [3.05, 3.63) is 95.6 Å². The molecule has 0 radical (unpaired) electrons. The second-order valence-electron chi connectivity index (χ2n) is 8.63. The highest BCUT2D eigenvalue weighted by Gasteiger charge is 2.44. The fourth-order valence-corrected chi connectivity index (χ4v) is 5.37. The molecule has 4 rings (SSSR count). The van der Waals surface area contributed by atoms with Gasteiger partial charge in [0.25, 0.3) is 0 Å². The van der Waals surface area contributed by atoms with Gasteiger partial charge >= 0.3 is 5.66 Å². The Kier molecular flexibility index (Phi) is 6.47. The number of hydrogen-bond acceptors (Lipinski definition) is 4. The van der Waals surface area contributed by atoms with Gasteiger partial charge in [0.05, 0.1) is 11.1 Å². The molecule has 0 aliphatic rings. The van der Waals surface area contributed by atoms with Crippen LogP contribution in [0.25, 0.3) is 11.0 Å². The van der Waals surface area contributed by atoms with Gasteiger partial charge in [0.1, 0.15) is 5.52 Å². The lowest BCUT2D eigenvalue weighted by molar-refractivity contribution is 0.0893. The molecule has 0 aliphatic carbocycles. The van der Waals surface area contributed by atoms with Gasteiger partial charge in [-0.1, -0.05) is 71.9 Å². The third-order valence-electron chi connectivity index (χ3n) is 6.07. The van der Waals surface area contributed by atoms with Gasteiger partial charge in [-0.15, -0.1) is 5.10 Å². The van der Waals surface area contributed by atoms with Crippen molar-refractivity contribution in [2.75, 3.05) is 19.1 Å². The number of thiol groups is 1. The van der Waals surface area contributed by atoms with E-state index < -0.39 is 18.3 Å². The van der Waals surface area contributed by atoms with Gasteiger partial charge in [-0.2, -0.15) is 21.4 Å². The van der Waals surface area contributed by atoms with E-state index in [0.29, 0.717) is 18.6 Å². The average Bonchev–Trinajstić information content (AvgIpc) is 3.24. The maximum absolute atomic E-state index is 14.6. The number of alkyl halides is 2. The smallest absolute Gasteiger partial charge is 0.317 e. The Hall–Kier alpha value is -2.50. The van der Waals surface area contributed by atoms with E-state index in [1.165, 1.54) is 12.1 Å². The summed E-state index contributed by atoms with van der Waals surface area (Å²) in [6, 6.07) is 23.9. The van der Waals surface area contributed by atoms with Crippen LogP contribution in [0.3, 0.4) is 0 Å². The molecule has 0 saturated heterocycles. The van der Waals surface area contributed by atoms with Crippen LogP contribution in [-0.4, -0.2) is 34.1 Å². The molecule has 4 aromatic rings. The lowest BCUT2D eigenvalue weighted by Gasteiger charge is -2.35. The summed E-state index contributed by atoms with van der Waals surface area (Å²) in [6.45, 7) is 2.23. The summed E-state index contributed by atoms with van der Waals surface area (Å²) in [4.78, 5) is 0. The maximum atomic E-state index is 14.6. The third-order valence-corrected chi connectivity index (χ3v) is 7.90. The number of rotatable bonds is 8. The Balaban J connectivity index is 1.84. The fraction of sp³-hybridized carbons (Fsp3) is 0.280. The number of para-hydroxylation sites is 1. The first-order chi connectivity index (χ1) is 15.7. The normalized spacial score (nSPS) is 14.3. The largest absolute Gasteiger partial charge is 0.322 e. The van der Waals surface area contributed by atoms with E-state index in [1.807, 2.05) is 59.3 Å².